The SMILES string of the molecule is CCSCC(C)NCC(C)C. The van der Waals surface area contributed by atoms with E-state index in [1.807, 2.05) is 11.8 Å². The average Bonchev–Trinajstić information content (AvgIpc) is 1.97. The molecule has 0 aromatic heterocycles. The molecule has 0 radical (unpaired) electrons. The molecule has 0 spiro atoms. The van der Waals surface area contributed by atoms with Gasteiger partial charge in [0.1, 0.15) is 0 Å². The Hall–Kier alpha value is 0.310. The first-order valence-corrected chi connectivity index (χ1v) is 5.63. The maximum Gasteiger partial charge on any atom is 0.0130 e. The van der Waals surface area contributed by atoms with Gasteiger partial charge in [-0.3, -0.25) is 0 Å². The summed E-state index contributed by atoms with van der Waals surface area (Å²) in [6.45, 7) is 10.1. The van der Waals surface area contributed by atoms with Crippen molar-refractivity contribution in [3.8, 4) is 0 Å². The molecule has 68 valence electrons. The molecule has 1 nitrogen and oxygen atoms in total. The third-order valence-electron chi connectivity index (χ3n) is 1.45. The topological polar surface area (TPSA) is 12.0 Å². The van der Waals surface area contributed by atoms with E-state index in [1.165, 1.54) is 11.5 Å². The molecule has 0 aliphatic carbocycles. The van der Waals surface area contributed by atoms with Crippen molar-refractivity contribution < 1.29 is 0 Å². The molecule has 0 aliphatic heterocycles. The van der Waals surface area contributed by atoms with Crippen molar-refractivity contribution in [1.82, 2.24) is 5.32 Å². The summed E-state index contributed by atoms with van der Waals surface area (Å²) in [6.07, 6.45) is 0. The van der Waals surface area contributed by atoms with Gasteiger partial charge >= 0.3 is 0 Å². The molecule has 0 saturated carbocycles. The zero-order valence-electron chi connectivity index (χ0n) is 8.18. The van der Waals surface area contributed by atoms with Gasteiger partial charge in [0.25, 0.3) is 0 Å². The summed E-state index contributed by atoms with van der Waals surface area (Å²) in [6, 6.07) is 0.669. The average molecular weight is 175 g/mol. The minimum atomic E-state index is 0.669. The maximum atomic E-state index is 3.50. The van der Waals surface area contributed by atoms with Gasteiger partial charge in [-0.15, -0.1) is 0 Å². The Bertz CT molecular complexity index is 83.6. The quantitative estimate of drug-likeness (QED) is 0.665. The number of hydrogen-bond donors (Lipinski definition) is 1. The lowest BCUT2D eigenvalue weighted by atomic mass is 10.2. The number of hydrogen-bond acceptors (Lipinski definition) is 2. The van der Waals surface area contributed by atoms with Gasteiger partial charge in [-0.25, -0.2) is 0 Å². The van der Waals surface area contributed by atoms with Crippen LogP contribution in [0.1, 0.15) is 27.7 Å². The van der Waals surface area contributed by atoms with Gasteiger partial charge in [0.2, 0.25) is 0 Å². The Balaban J connectivity index is 3.15. The van der Waals surface area contributed by atoms with Crippen LogP contribution >= 0.6 is 11.8 Å². The van der Waals surface area contributed by atoms with Crippen molar-refractivity contribution in [3.63, 3.8) is 0 Å². The molecule has 0 amide bonds. The second-order valence-corrected chi connectivity index (χ2v) is 4.68. The Kier molecular flexibility index (Phi) is 7.18. The zero-order valence-corrected chi connectivity index (χ0v) is 9.00. The molecule has 0 aliphatic rings. The lowest BCUT2D eigenvalue weighted by Gasteiger charge is -2.14. The number of nitrogens with one attached hydrogen (secondary N) is 1. The van der Waals surface area contributed by atoms with Crippen molar-refractivity contribution in [2.45, 2.75) is 33.7 Å². The first kappa shape index (κ1) is 11.3. The molecule has 0 heterocycles. The van der Waals surface area contributed by atoms with Crippen LogP contribution in [0.4, 0.5) is 0 Å². The van der Waals surface area contributed by atoms with Crippen molar-refractivity contribution in [2.75, 3.05) is 18.1 Å². The molecule has 0 aromatic rings. The normalized spacial score (nSPS) is 13.9. The van der Waals surface area contributed by atoms with E-state index in [2.05, 4.69) is 33.0 Å². The highest BCUT2D eigenvalue weighted by molar-refractivity contribution is 7.99. The molecule has 0 bridgehead atoms. The van der Waals surface area contributed by atoms with E-state index in [4.69, 9.17) is 0 Å². The van der Waals surface area contributed by atoms with Crippen molar-refractivity contribution in [1.29, 1.82) is 0 Å². The maximum absolute atomic E-state index is 3.50. The molecule has 2 heteroatoms. The number of rotatable bonds is 6. The second-order valence-electron chi connectivity index (χ2n) is 3.36. The number of thioether (sulfide) groups is 1. The van der Waals surface area contributed by atoms with E-state index in [9.17, 15) is 0 Å². The van der Waals surface area contributed by atoms with Crippen LogP contribution in [0.25, 0.3) is 0 Å². The lowest BCUT2D eigenvalue weighted by molar-refractivity contribution is 0.509. The van der Waals surface area contributed by atoms with Gasteiger partial charge < -0.3 is 5.32 Å². The monoisotopic (exact) mass is 175 g/mol. The Labute approximate surface area is 75.3 Å². The van der Waals surface area contributed by atoms with Gasteiger partial charge in [0.15, 0.2) is 0 Å². The van der Waals surface area contributed by atoms with Gasteiger partial charge in [0, 0.05) is 11.8 Å². The van der Waals surface area contributed by atoms with Crippen LogP contribution in [0, 0.1) is 5.92 Å². The third kappa shape index (κ3) is 8.21. The molecule has 1 N–H and O–H groups in total. The fourth-order valence-corrected chi connectivity index (χ4v) is 1.50. The fourth-order valence-electron chi connectivity index (χ4n) is 0.790. The van der Waals surface area contributed by atoms with Crippen LogP contribution in [0.15, 0.2) is 0 Å². The summed E-state index contributed by atoms with van der Waals surface area (Å²) in [5.41, 5.74) is 0. The Morgan fingerprint density at radius 1 is 1.27 bits per heavy atom. The third-order valence-corrected chi connectivity index (χ3v) is 2.59. The first-order chi connectivity index (χ1) is 5.16. The van der Waals surface area contributed by atoms with Crippen molar-refractivity contribution in [3.05, 3.63) is 0 Å². The molecule has 1 unspecified atom stereocenters. The van der Waals surface area contributed by atoms with Crippen LogP contribution < -0.4 is 5.32 Å². The Morgan fingerprint density at radius 3 is 2.36 bits per heavy atom. The summed E-state index contributed by atoms with van der Waals surface area (Å²) in [5.74, 6) is 3.24. The lowest BCUT2D eigenvalue weighted by Crippen LogP contribution is -2.31. The highest BCUT2D eigenvalue weighted by atomic mass is 32.2. The minimum Gasteiger partial charge on any atom is -0.313 e. The summed E-state index contributed by atoms with van der Waals surface area (Å²) in [7, 11) is 0. The van der Waals surface area contributed by atoms with Crippen molar-refractivity contribution >= 4 is 11.8 Å². The molecular weight excluding hydrogens is 154 g/mol. The highest BCUT2D eigenvalue weighted by Crippen LogP contribution is 2.01. The minimum absolute atomic E-state index is 0.669. The molecule has 1 atom stereocenters. The summed E-state index contributed by atoms with van der Waals surface area (Å²) in [4.78, 5) is 0. The molecule has 0 rings (SSSR count). The van der Waals surface area contributed by atoms with Gasteiger partial charge in [-0.1, -0.05) is 20.8 Å². The standard InChI is InChI=1S/C9H21NS/c1-5-11-7-9(4)10-6-8(2)3/h8-10H,5-7H2,1-4H3. The predicted octanol–water partition coefficient (Wildman–Crippen LogP) is 2.37. The van der Waals surface area contributed by atoms with Crippen LogP contribution in [0.5, 0.6) is 0 Å². The molecule has 0 saturated heterocycles. The van der Waals surface area contributed by atoms with Gasteiger partial charge in [0.05, 0.1) is 0 Å². The van der Waals surface area contributed by atoms with E-state index >= 15 is 0 Å². The highest BCUT2D eigenvalue weighted by Gasteiger charge is 2.00. The van der Waals surface area contributed by atoms with E-state index in [-0.39, 0.29) is 0 Å². The van der Waals surface area contributed by atoms with E-state index < -0.39 is 0 Å². The van der Waals surface area contributed by atoms with Crippen LogP contribution in [0.3, 0.4) is 0 Å². The van der Waals surface area contributed by atoms with Crippen LogP contribution in [-0.4, -0.2) is 24.1 Å². The van der Waals surface area contributed by atoms with E-state index in [0.717, 1.165) is 12.5 Å². The van der Waals surface area contributed by atoms with Crippen LogP contribution in [0.2, 0.25) is 0 Å². The molecule has 0 aromatic carbocycles. The molecule has 0 fully saturated rings. The largest absolute Gasteiger partial charge is 0.313 e. The van der Waals surface area contributed by atoms with Crippen molar-refractivity contribution in [2.24, 2.45) is 5.92 Å². The molecular formula is C9H21NS. The first-order valence-electron chi connectivity index (χ1n) is 4.48. The van der Waals surface area contributed by atoms with E-state index in [0.29, 0.717) is 6.04 Å². The summed E-state index contributed by atoms with van der Waals surface area (Å²) in [5, 5.41) is 3.50. The smallest absolute Gasteiger partial charge is 0.0130 e. The zero-order chi connectivity index (χ0) is 8.69. The van der Waals surface area contributed by atoms with Gasteiger partial charge in [-0.2, -0.15) is 11.8 Å². The van der Waals surface area contributed by atoms with Crippen LogP contribution in [-0.2, 0) is 0 Å². The summed E-state index contributed by atoms with van der Waals surface area (Å²) < 4.78 is 0. The van der Waals surface area contributed by atoms with Gasteiger partial charge in [-0.05, 0) is 25.1 Å². The Morgan fingerprint density at radius 2 is 1.91 bits per heavy atom. The predicted molar refractivity (Wildman–Crippen MR) is 55.3 cm³/mol. The fraction of sp³-hybridized carbons (Fsp3) is 1.00. The van der Waals surface area contributed by atoms with E-state index in [1.54, 1.807) is 0 Å². The summed E-state index contributed by atoms with van der Waals surface area (Å²) >= 11 is 2.01. The molecule has 11 heavy (non-hydrogen) atoms. The second kappa shape index (κ2) is 6.99.